The summed E-state index contributed by atoms with van der Waals surface area (Å²) in [6.45, 7) is 4.28. The lowest BCUT2D eigenvalue weighted by molar-refractivity contribution is 0.398. The predicted octanol–water partition coefficient (Wildman–Crippen LogP) is 3.96. The number of anilines is 1. The summed E-state index contributed by atoms with van der Waals surface area (Å²) in [7, 11) is 1.62. The maximum Gasteiger partial charge on any atom is 0.213 e. The number of aromatic nitrogens is 1. The van der Waals surface area contributed by atoms with Gasteiger partial charge < -0.3 is 10.1 Å². The van der Waals surface area contributed by atoms with Crippen molar-refractivity contribution in [3.63, 3.8) is 0 Å². The second kappa shape index (κ2) is 6.23. The highest BCUT2D eigenvalue weighted by atomic mass is 16.5. The quantitative estimate of drug-likeness (QED) is 0.879. The van der Waals surface area contributed by atoms with Crippen molar-refractivity contribution >= 4 is 5.69 Å². The van der Waals surface area contributed by atoms with Crippen molar-refractivity contribution in [3.05, 3.63) is 53.7 Å². The van der Waals surface area contributed by atoms with Crippen LogP contribution in [-0.4, -0.2) is 12.1 Å². The van der Waals surface area contributed by atoms with E-state index in [0.717, 1.165) is 12.1 Å². The highest BCUT2D eigenvalue weighted by Gasteiger charge is 2.09. The number of nitrogens with zero attached hydrogens (tertiary/aromatic N) is 1. The molecule has 2 aromatic rings. The lowest BCUT2D eigenvalue weighted by Gasteiger charge is -2.19. The van der Waals surface area contributed by atoms with Crippen molar-refractivity contribution in [2.45, 2.75) is 26.3 Å². The van der Waals surface area contributed by atoms with Gasteiger partial charge in [-0.05, 0) is 25.0 Å². The summed E-state index contributed by atoms with van der Waals surface area (Å²) in [4.78, 5) is 4.21. The molecule has 0 aliphatic heterocycles. The molecule has 19 heavy (non-hydrogen) atoms. The summed E-state index contributed by atoms with van der Waals surface area (Å²) in [6, 6.07) is 12.8. The normalized spacial score (nSPS) is 11.9. The molecule has 1 N–H and O–H groups in total. The Morgan fingerprint density at radius 1 is 1.16 bits per heavy atom. The van der Waals surface area contributed by atoms with E-state index in [4.69, 9.17) is 4.74 Å². The summed E-state index contributed by atoms with van der Waals surface area (Å²) < 4.78 is 5.06. The van der Waals surface area contributed by atoms with E-state index in [1.54, 1.807) is 13.3 Å². The van der Waals surface area contributed by atoms with Gasteiger partial charge in [-0.25, -0.2) is 4.98 Å². The lowest BCUT2D eigenvalue weighted by atomic mass is 10.0. The largest absolute Gasteiger partial charge is 0.481 e. The molecule has 0 fully saturated rings. The Kier molecular flexibility index (Phi) is 4.39. The summed E-state index contributed by atoms with van der Waals surface area (Å²) in [5.74, 6) is 0.633. The Hall–Kier alpha value is -2.03. The minimum atomic E-state index is 0.302. The number of rotatable bonds is 5. The molecule has 0 amide bonds. The van der Waals surface area contributed by atoms with E-state index in [1.807, 2.05) is 12.1 Å². The SMILES string of the molecule is CCC(Nc1ccc(OC)nc1)c1ccc(C)cc1. The van der Waals surface area contributed by atoms with E-state index in [9.17, 15) is 0 Å². The highest BCUT2D eigenvalue weighted by molar-refractivity contribution is 5.44. The van der Waals surface area contributed by atoms with E-state index in [2.05, 4.69) is 48.4 Å². The summed E-state index contributed by atoms with van der Waals surface area (Å²) >= 11 is 0. The van der Waals surface area contributed by atoms with Gasteiger partial charge in [0.1, 0.15) is 0 Å². The Morgan fingerprint density at radius 2 is 1.89 bits per heavy atom. The number of methoxy groups -OCH3 is 1. The Morgan fingerprint density at radius 3 is 2.42 bits per heavy atom. The van der Waals surface area contributed by atoms with Crippen LogP contribution in [0.1, 0.15) is 30.5 Å². The lowest BCUT2D eigenvalue weighted by Crippen LogP contribution is -2.09. The van der Waals surface area contributed by atoms with Gasteiger partial charge in [0.05, 0.1) is 25.0 Å². The van der Waals surface area contributed by atoms with Crippen molar-refractivity contribution in [3.8, 4) is 5.88 Å². The molecule has 0 saturated carbocycles. The molecule has 3 heteroatoms. The van der Waals surface area contributed by atoms with Crippen molar-refractivity contribution in [1.29, 1.82) is 0 Å². The van der Waals surface area contributed by atoms with Gasteiger partial charge in [0, 0.05) is 6.07 Å². The molecule has 1 unspecified atom stereocenters. The number of ether oxygens (including phenoxy) is 1. The van der Waals surface area contributed by atoms with Gasteiger partial charge in [-0.15, -0.1) is 0 Å². The molecule has 100 valence electrons. The first-order valence-electron chi connectivity index (χ1n) is 6.56. The fraction of sp³-hybridized carbons (Fsp3) is 0.312. The van der Waals surface area contributed by atoms with Crippen LogP contribution in [0.15, 0.2) is 42.6 Å². The maximum absolute atomic E-state index is 5.06. The molecule has 0 saturated heterocycles. The Labute approximate surface area is 114 Å². The van der Waals surface area contributed by atoms with Gasteiger partial charge in [0.2, 0.25) is 5.88 Å². The summed E-state index contributed by atoms with van der Waals surface area (Å²) in [5, 5.41) is 3.50. The van der Waals surface area contributed by atoms with Crippen LogP contribution in [-0.2, 0) is 0 Å². The number of aryl methyl sites for hydroxylation is 1. The van der Waals surface area contributed by atoms with Crippen LogP contribution in [0.3, 0.4) is 0 Å². The third-order valence-electron chi connectivity index (χ3n) is 3.17. The molecule has 1 heterocycles. The van der Waals surface area contributed by atoms with Crippen molar-refractivity contribution in [2.75, 3.05) is 12.4 Å². The maximum atomic E-state index is 5.06. The second-order valence-corrected chi connectivity index (χ2v) is 4.61. The first-order chi connectivity index (χ1) is 9.22. The van der Waals surface area contributed by atoms with Crippen LogP contribution in [0.4, 0.5) is 5.69 Å². The van der Waals surface area contributed by atoms with E-state index < -0.39 is 0 Å². The average Bonchev–Trinajstić information content (AvgIpc) is 2.46. The van der Waals surface area contributed by atoms with Crippen LogP contribution < -0.4 is 10.1 Å². The number of benzene rings is 1. The molecular weight excluding hydrogens is 236 g/mol. The zero-order valence-corrected chi connectivity index (χ0v) is 11.7. The predicted molar refractivity (Wildman–Crippen MR) is 78.6 cm³/mol. The van der Waals surface area contributed by atoms with Crippen LogP contribution in [0, 0.1) is 6.92 Å². The van der Waals surface area contributed by atoms with Crippen molar-refractivity contribution < 1.29 is 4.74 Å². The zero-order chi connectivity index (χ0) is 13.7. The molecule has 0 aliphatic rings. The van der Waals surface area contributed by atoms with Crippen LogP contribution >= 0.6 is 0 Å². The summed E-state index contributed by atoms with van der Waals surface area (Å²) in [5.41, 5.74) is 3.59. The van der Waals surface area contributed by atoms with Crippen molar-refractivity contribution in [2.24, 2.45) is 0 Å². The molecule has 0 aliphatic carbocycles. The van der Waals surface area contributed by atoms with Gasteiger partial charge >= 0.3 is 0 Å². The van der Waals surface area contributed by atoms with E-state index >= 15 is 0 Å². The highest BCUT2D eigenvalue weighted by Crippen LogP contribution is 2.23. The van der Waals surface area contributed by atoms with E-state index in [-0.39, 0.29) is 0 Å². The minimum absolute atomic E-state index is 0.302. The molecule has 2 rings (SSSR count). The number of pyridine rings is 1. The van der Waals surface area contributed by atoms with Gasteiger partial charge in [0.15, 0.2) is 0 Å². The van der Waals surface area contributed by atoms with Crippen LogP contribution in [0.25, 0.3) is 0 Å². The third kappa shape index (κ3) is 3.47. The molecule has 0 spiro atoms. The number of hydrogen-bond acceptors (Lipinski definition) is 3. The third-order valence-corrected chi connectivity index (χ3v) is 3.17. The first-order valence-corrected chi connectivity index (χ1v) is 6.56. The van der Waals surface area contributed by atoms with E-state index in [0.29, 0.717) is 11.9 Å². The van der Waals surface area contributed by atoms with E-state index in [1.165, 1.54) is 11.1 Å². The number of nitrogens with one attached hydrogen (secondary N) is 1. The van der Waals surface area contributed by atoms with Gasteiger partial charge in [-0.3, -0.25) is 0 Å². The standard InChI is InChI=1S/C16H20N2O/c1-4-15(13-7-5-12(2)6-8-13)18-14-9-10-16(19-3)17-11-14/h5-11,15,18H,4H2,1-3H3. The van der Waals surface area contributed by atoms with Gasteiger partial charge in [-0.1, -0.05) is 36.8 Å². The fourth-order valence-electron chi connectivity index (χ4n) is 2.01. The first kappa shape index (κ1) is 13.4. The van der Waals surface area contributed by atoms with Gasteiger partial charge in [0.25, 0.3) is 0 Å². The topological polar surface area (TPSA) is 34.1 Å². The fourth-order valence-corrected chi connectivity index (χ4v) is 2.01. The summed E-state index contributed by atoms with van der Waals surface area (Å²) in [6.07, 6.45) is 2.82. The van der Waals surface area contributed by atoms with Crippen LogP contribution in [0.5, 0.6) is 5.88 Å². The van der Waals surface area contributed by atoms with Crippen LogP contribution in [0.2, 0.25) is 0 Å². The molecule has 3 nitrogen and oxygen atoms in total. The van der Waals surface area contributed by atoms with Gasteiger partial charge in [-0.2, -0.15) is 0 Å². The molecule has 1 atom stereocenters. The monoisotopic (exact) mass is 256 g/mol. The average molecular weight is 256 g/mol. The Balaban J connectivity index is 2.11. The molecule has 1 aromatic carbocycles. The zero-order valence-electron chi connectivity index (χ0n) is 11.7. The smallest absolute Gasteiger partial charge is 0.213 e. The number of hydrogen-bond donors (Lipinski definition) is 1. The molecular formula is C16H20N2O. The molecule has 0 bridgehead atoms. The Bertz CT molecular complexity index is 505. The van der Waals surface area contributed by atoms with Crippen molar-refractivity contribution in [1.82, 2.24) is 4.98 Å². The minimum Gasteiger partial charge on any atom is -0.481 e. The molecule has 1 aromatic heterocycles. The second-order valence-electron chi connectivity index (χ2n) is 4.61. The molecule has 0 radical (unpaired) electrons.